The van der Waals surface area contributed by atoms with Crippen molar-refractivity contribution in [1.29, 1.82) is 0 Å². The highest BCUT2D eigenvalue weighted by Crippen LogP contribution is 2.26. The molecule has 0 unspecified atom stereocenters. The van der Waals surface area contributed by atoms with Crippen molar-refractivity contribution in [3.63, 3.8) is 0 Å². The minimum absolute atomic E-state index is 0.284. The molecule has 0 aliphatic carbocycles. The van der Waals surface area contributed by atoms with Crippen LogP contribution in [0.4, 0.5) is 5.82 Å². The van der Waals surface area contributed by atoms with E-state index in [0.717, 1.165) is 80.5 Å². The largest absolute Gasteiger partial charge is 0.497 e. The van der Waals surface area contributed by atoms with Crippen LogP contribution in [0.1, 0.15) is 55.3 Å². The van der Waals surface area contributed by atoms with Gasteiger partial charge in [-0.1, -0.05) is 25.5 Å². The second kappa shape index (κ2) is 10.4. The second-order valence-electron chi connectivity index (χ2n) is 8.01. The van der Waals surface area contributed by atoms with E-state index in [2.05, 4.69) is 35.9 Å². The standard InChI is InChI=1S/C24H34N4O2/c1-5-6-8-23(29)27-13-7-14-28(16-15-27)24-22(18(2)25-19(3)26-24)17-20-9-11-21(30-4)12-10-20/h9-12H,5-8,13-17H2,1-4H3. The smallest absolute Gasteiger partial charge is 0.222 e. The predicted molar refractivity (Wildman–Crippen MR) is 120 cm³/mol. The minimum atomic E-state index is 0.284. The van der Waals surface area contributed by atoms with E-state index in [1.807, 2.05) is 24.0 Å². The molecule has 1 aromatic carbocycles. The summed E-state index contributed by atoms with van der Waals surface area (Å²) in [6.45, 7) is 9.44. The summed E-state index contributed by atoms with van der Waals surface area (Å²) >= 11 is 0. The van der Waals surface area contributed by atoms with Crippen LogP contribution in [0.3, 0.4) is 0 Å². The van der Waals surface area contributed by atoms with E-state index < -0.39 is 0 Å². The van der Waals surface area contributed by atoms with E-state index >= 15 is 0 Å². The van der Waals surface area contributed by atoms with Crippen LogP contribution >= 0.6 is 0 Å². The van der Waals surface area contributed by atoms with Gasteiger partial charge in [0.05, 0.1) is 7.11 Å². The molecule has 0 N–H and O–H groups in total. The number of amides is 1. The van der Waals surface area contributed by atoms with Gasteiger partial charge in [-0.3, -0.25) is 4.79 Å². The molecule has 0 bridgehead atoms. The van der Waals surface area contributed by atoms with Gasteiger partial charge >= 0.3 is 0 Å². The Morgan fingerprint density at radius 1 is 1.07 bits per heavy atom. The maximum Gasteiger partial charge on any atom is 0.222 e. The number of hydrogen-bond acceptors (Lipinski definition) is 5. The zero-order valence-electron chi connectivity index (χ0n) is 18.8. The monoisotopic (exact) mass is 410 g/mol. The summed E-state index contributed by atoms with van der Waals surface area (Å²) in [5.74, 6) is 2.95. The van der Waals surface area contributed by atoms with E-state index in [1.54, 1.807) is 7.11 Å². The van der Waals surface area contributed by atoms with Crippen molar-refractivity contribution in [1.82, 2.24) is 14.9 Å². The Morgan fingerprint density at radius 2 is 1.83 bits per heavy atom. The quantitative estimate of drug-likeness (QED) is 0.692. The number of ether oxygens (including phenoxy) is 1. The zero-order chi connectivity index (χ0) is 21.5. The van der Waals surface area contributed by atoms with Gasteiger partial charge in [-0.05, 0) is 44.4 Å². The van der Waals surface area contributed by atoms with Gasteiger partial charge in [-0.15, -0.1) is 0 Å². The number of rotatable bonds is 7. The maximum absolute atomic E-state index is 12.5. The molecule has 1 aliphatic rings. The van der Waals surface area contributed by atoms with Crippen LogP contribution in [0.15, 0.2) is 24.3 Å². The van der Waals surface area contributed by atoms with Crippen LogP contribution in [-0.2, 0) is 11.2 Å². The van der Waals surface area contributed by atoms with Crippen molar-refractivity contribution >= 4 is 11.7 Å². The van der Waals surface area contributed by atoms with E-state index in [9.17, 15) is 4.79 Å². The first-order valence-electron chi connectivity index (χ1n) is 11.0. The molecule has 30 heavy (non-hydrogen) atoms. The number of benzene rings is 1. The molecule has 162 valence electrons. The molecule has 0 saturated carbocycles. The van der Waals surface area contributed by atoms with Crippen molar-refractivity contribution in [2.45, 2.75) is 52.9 Å². The third kappa shape index (κ3) is 5.49. The normalized spacial score (nSPS) is 14.5. The summed E-state index contributed by atoms with van der Waals surface area (Å²) in [6.07, 6.45) is 4.42. The lowest BCUT2D eigenvalue weighted by Gasteiger charge is -2.26. The average Bonchev–Trinajstić information content (AvgIpc) is 3.00. The van der Waals surface area contributed by atoms with Crippen LogP contribution < -0.4 is 9.64 Å². The van der Waals surface area contributed by atoms with Crippen LogP contribution in [0.2, 0.25) is 0 Å². The summed E-state index contributed by atoms with van der Waals surface area (Å²) in [4.78, 5) is 26.3. The lowest BCUT2D eigenvalue weighted by atomic mass is 10.0. The fraction of sp³-hybridized carbons (Fsp3) is 0.542. The molecule has 6 nitrogen and oxygen atoms in total. The number of carbonyl (C=O) groups is 1. The van der Waals surface area contributed by atoms with Gasteiger partial charge in [0.15, 0.2) is 0 Å². The highest BCUT2D eigenvalue weighted by atomic mass is 16.5. The molecule has 1 aliphatic heterocycles. The molecule has 3 rings (SSSR count). The van der Waals surface area contributed by atoms with Crippen molar-refractivity contribution in [2.75, 3.05) is 38.2 Å². The molecular formula is C24H34N4O2. The molecule has 2 heterocycles. The second-order valence-corrected chi connectivity index (χ2v) is 8.01. The molecule has 1 saturated heterocycles. The van der Waals surface area contributed by atoms with E-state index in [0.29, 0.717) is 6.42 Å². The molecule has 1 fully saturated rings. The Kier molecular flexibility index (Phi) is 7.66. The van der Waals surface area contributed by atoms with Gasteiger partial charge in [0.1, 0.15) is 17.4 Å². The number of aromatic nitrogens is 2. The maximum atomic E-state index is 12.5. The first-order valence-corrected chi connectivity index (χ1v) is 11.0. The lowest BCUT2D eigenvalue weighted by Crippen LogP contribution is -2.35. The number of nitrogens with zero attached hydrogens (tertiary/aromatic N) is 4. The fourth-order valence-electron chi connectivity index (χ4n) is 4.00. The SMILES string of the molecule is CCCCC(=O)N1CCCN(c2nc(C)nc(C)c2Cc2ccc(OC)cc2)CC1. The van der Waals surface area contributed by atoms with E-state index in [1.165, 1.54) is 5.56 Å². The van der Waals surface area contributed by atoms with Gasteiger partial charge in [0.2, 0.25) is 5.91 Å². The zero-order valence-corrected chi connectivity index (χ0v) is 18.8. The topological polar surface area (TPSA) is 58.6 Å². The van der Waals surface area contributed by atoms with Crippen LogP contribution in [-0.4, -0.2) is 54.1 Å². The summed E-state index contributed by atoms with van der Waals surface area (Å²) < 4.78 is 5.28. The first-order chi connectivity index (χ1) is 14.5. The number of carbonyl (C=O) groups excluding carboxylic acids is 1. The number of unbranched alkanes of at least 4 members (excludes halogenated alkanes) is 1. The number of hydrogen-bond donors (Lipinski definition) is 0. The Labute approximate surface area is 180 Å². The predicted octanol–water partition coefficient (Wildman–Crippen LogP) is 3.92. The van der Waals surface area contributed by atoms with Crippen molar-refractivity contribution in [3.8, 4) is 5.75 Å². The molecule has 2 aromatic rings. The first kappa shape index (κ1) is 22.1. The average molecular weight is 411 g/mol. The summed E-state index contributed by atoms with van der Waals surface area (Å²) in [5, 5.41) is 0. The minimum Gasteiger partial charge on any atom is -0.497 e. The Balaban J connectivity index is 1.80. The van der Waals surface area contributed by atoms with Gasteiger partial charge in [-0.25, -0.2) is 9.97 Å². The van der Waals surface area contributed by atoms with Crippen molar-refractivity contribution in [3.05, 3.63) is 46.9 Å². The molecule has 1 aromatic heterocycles. The molecular weight excluding hydrogens is 376 g/mol. The highest BCUT2D eigenvalue weighted by Gasteiger charge is 2.22. The summed E-state index contributed by atoms with van der Waals surface area (Å²) in [6, 6.07) is 8.17. The Bertz CT molecular complexity index is 851. The van der Waals surface area contributed by atoms with E-state index in [-0.39, 0.29) is 5.91 Å². The van der Waals surface area contributed by atoms with Gasteiger partial charge in [0, 0.05) is 50.3 Å². The number of methoxy groups -OCH3 is 1. The number of anilines is 1. The third-order valence-corrected chi connectivity index (χ3v) is 5.74. The third-order valence-electron chi connectivity index (χ3n) is 5.74. The van der Waals surface area contributed by atoms with Gasteiger partial charge < -0.3 is 14.5 Å². The Hall–Kier alpha value is -2.63. The van der Waals surface area contributed by atoms with Crippen LogP contribution in [0.25, 0.3) is 0 Å². The summed E-state index contributed by atoms with van der Waals surface area (Å²) in [7, 11) is 1.68. The summed E-state index contributed by atoms with van der Waals surface area (Å²) in [5.41, 5.74) is 3.39. The molecule has 1 amide bonds. The van der Waals surface area contributed by atoms with Gasteiger partial charge in [0.25, 0.3) is 0 Å². The van der Waals surface area contributed by atoms with Crippen LogP contribution in [0, 0.1) is 13.8 Å². The van der Waals surface area contributed by atoms with Crippen LogP contribution in [0.5, 0.6) is 5.75 Å². The molecule has 0 atom stereocenters. The highest BCUT2D eigenvalue weighted by molar-refractivity contribution is 5.76. The van der Waals surface area contributed by atoms with E-state index in [4.69, 9.17) is 9.72 Å². The molecule has 6 heteroatoms. The Morgan fingerprint density at radius 3 is 2.53 bits per heavy atom. The molecule has 0 radical (unpaired) electrons. The van der Waals surface area contributed by atoms with Crippen molar-refractivity contribution in [2.24, 2.45) is 0 Å². The molecule has 0 spiro atoms. The van der Waals surface area contributed by atoms with Crippen molar-refractivity contribution < 1.29 is 9.53 Å². The lowest BCUT2D eigenvalue weighted by molar-refractivity contribution is -0.131. The number of aryl methyl sites for hydroxylation is 2. The fourth-order valence-corrected chi connectivity index (χ4v) is 4.00. The van der Waals surface area contributed by atoms with Gasteiger partial charge in [-0.2, -0.15) is 0 Å².